The third-order valence-electron chi connectivity index (χ3n) is 4.64. The SMILES string of the molecule is CCNC(CCCC(C)(C)C)C1CCC(CC)C1. The fourth-order valence-electron chi connectivity index (χ4n) is 3.47. The van der Waals surface area contributed by atoms with Gasteiger partial charge in [0.15, 0.2) is 0 Å². The first-order chi connectivity index (χ1) is 8.46. The van der Waals surface area contributed by atoms with Gasteiger partial charge in [0.1, 0.15) is 0 Å². The molecule has 1 fully saturated rings. The van der Waals surface area contributed by atoms with Gasteiger partial charge in [-0.25, -0.2) is 0 Å². The Morgan fingerprint density at radius 1 is 1.17 bits per heavy atom. The van der Waals surface area contributed by atoms with Gasteiger partial charge in [0.05, 0.1) is 0 Å². The van der Waals surface area contributed by atoms with E-state index in [1.807, 2.05) is 0 Å². The number of hydrogen-bond acceptors (Lipinski definition) is 1. The molecule has 0 aliphatic heterocycles. The minimum absolute atomic E-state index is 0.498. The molecule has 0 heterocycles. The van der Waals surface area contributed by atoms with Crippen molar-refractivity contribution < 1.29 is 0 Å². The van der Waals surface area contributed by atoms with Crippen LogP contribution in [0, 0.1) is 17.3 Å². The quantitative estimate of drug-likeness (QED) is 0.672. The molecule has 0 saturated heterocycles. The Bertz CT molecular complexity index is 216. The Balaban J connectivity index is 2.35. The zero-order valence-corrected chi connectivity index (χ0v) is 13.4. The first-order valence-corrected chi connectivity index (χ1v) is 8.19. The Morgan fingerprint density at radius 2 is 1.89 bits per heavy atom. The average Bonchev–Trinajstić information content (AvgIpc) is 2.74. The first-order valence-electron chi connectivity index (χ1n) is 8.19. The van der Waals surface area contributed by atoms with Gasteiger partial charge >= 0.3 is 0 Å². The minimum Gasteiger partial charge on any atom is -0.314 e. The standard InChI is InChI=1S/C17H35N/c1-6-14-10-11-15(13-14)16(18-7-2)9-8-12-17(3,4)5/h14-16,18H,6-13H2,1-5H3. The van der Waals surface area contributed by atoms with E-state index in [0.29, 0.717) is 5.41 Å². The molecule has 1 N–H and O–H groups in total. The molecule has 0 aromatic heterocycles. The molecule has 108 valence electrons. The molecular formula is C17H35N. The van der Waals surface area contributed by atoms with E-state index in [2.05, 4.69) is 39.9 Å². The molecule has 1 saturated carbocycles. The maximum absolute atomic E-state index is 3.76. The molecule has 1 nitrogen and oxygen atoms in total. The second-order valence-electron chi connectivity index (χ2n) is 7.46. The molecule has 3 atom stereocenters. The predicted octanol–water partition coefficient (Wildman–Crippen LogP) is 5.01. The Labute approximate surface area is 115 Å². The van der Waals surface area contributed by atoms with E-state index >= 15 is 0 Å². The molecule has 0 spiro atoms. The second-order valence-corrected chi connectivity index (χ2v) is 7.46. The summed E-state index contributed by atoms with van der Waals surface area (Å²) in [5.74, 6) is 1.97. The molecular weight excluding hydrogens is 218 g/mol. The maximum Gasteiger partial charge on any atom is 0.00953 e. The first kappa shape index (κ1) is 16.0. The minimum atomic E-state index is 0.498. The number of nitrogens with one attached hydrogen (secondary N) is 1. The summed E-state index contributed by atoms with van der Waals surface area (Å²) in [6.07, 6.45) is 9.93. The van der Waals surface area contributed by atoms with Crippen LogP contribution >= 0.6 is 0 Å². The van der Waals surface area contributed by atoms with Crippen LogP contribution in [-0.4, -0.2) is 12.6 Å². The van der Waals surface area contributed by atoms with E-state index in [1.165, 1.54) is 44.9 Å². The molecule has 0 aromatic rings. The summed E-state index contributed by atoms with van der Waals surface area (Å²) in [7, 11) is 0. The van der Waals surface area contributed by atoms with E-state index < -0.39 is 0 Å². The van der Waals surface area contributed by atoms with Gasteiger partial charge in [0.25, 0.3) is 0 Å². The zero-order valence-electron chi connectivity index (χ0n) is 13.4. The van der Waals surface area contributed by atoms with Crippen LogP contribution in [-0.2, 0) is 0 Å². The van der Waals surface area contributed by atoms with Gasteiger partial charge in [-0.1, -0.05) is 53.9 Å². The highest BCUT2D eigenvalue weighted by Gasteiger charge is 2.29. The Hall–Kier alpha value is -0.0400. The summed E-state index contributed by atoms with van der Waals surface area (Å²) < 4.78 is 0. The van der Waals surface area contributed by atoms with Gasteiger partial charge in [0.2, 0.25) is 0 Å². The van der Waals surface area contributed by atoms with Crippen molar-refractivity contribution in [1.82, 2.24) is 5.32 Å². The van der Waals surface area contributed by atoms with Crippen molar-refractivity contribution in [3.63, 3.8) is 0 Å². The lowest BCUT2D eigenvalue weighted by Gasteiger charge is -2.26. The number of rotatable bonds is 7. The van der Waals surface area contributed by atoms with E-state index in [4.69, 9.17) is 0 Å². The van der Waals surface area contributed by atoms with Crippen LogP contribution in [0.15, 0.2) is 0 Å². The molecule has 0 bridgehead atoms. The summed E-state index contributed by atoms with van der Waals surface area (Å²) in [5.41, 5.74) is 0.498. The molecule has 0 aromatic carbocycles. The van der Waals surface area contributed by atoms with Crippen molar-refractivity contribution in [3.05, 3.63) is 0 Å². The van der Waals surface area contributed by atoms with Crippen molar-refractivity contribution >= 4 is 0 Å². The van der Waals surface area contributed by atoms with E-state index in [-0.39, 0.29) is 0 Å². The van der Waals surface area contributed by atoms with Crippen LogP contribution < -0.4 is 5.32 Å². The van der Waals surface area contributed by atoms with E-state index in [1.54, 1.807) is 0 Å². The van der Waals surface area contributed by atoms with Crippen LogP contribution in [0.2, 0.25) is 0 Å². The second kappa shape index (κ2) is 7.53. The van der Waals surface area contributed by atoms with E-state index in [9.17, 15) is 0 Å². The average molecular weight is 253 g/mol. The van der Waals surface area contributed by atoms with Gasteiger partial charge in [-0.3, -0.25) is 0 Å². The smallest absolute Gasteiger partial charge is 0.00953 e. The summed E-state index contributed by atoms with van der Waals surface area (Å²) in [4.78, 5) is 0. The molecule has 18 heavy (non-hydrogen) atoms. The van der Waals surface area contributed by atoms with Gasteiger partial charge in [0, 0.05) is 6.04 Å². The summed E-state index contributed by atoms with van der Waals surface area (Å²) >= 11 is 0. The molecule has 0 radical (unpaired) electrons. The van der Waals surface area contributed by atoms with Crippen LogP contribution in [0.5, 0.6) is 0 Å². The molecule has 0 amide bonds. The Kier molecular flexibility index (Phi) is 6.70. The highest BCUT2D eigenvalue weighted by atomic mass is 14.9. The normalized spacial score (nSPS) is 26.5. The van der Waals surface area contributed by atoms with Crippen molar-refractivity contribution in [1.29, 1.82) is 0 Å². The third-order valence-corrected chi connectivity index (χ3v) is 4.64. The van der Waals surface area contributed by atoms with Crippen LogP contribution in [0.3, 0.4) is 0 Å². The summed E-state index contributed by atoms with van der Waals surface area (Å²) in [5, 5.41) is 3.76. The van der Waals surface area contributed by atoms with Gasteiger partial charge in [-0.2, -0.15) is 0 Å². The lowest BCUT2D eigenvalue weighted by atomic mass is 9.86. The van der Waals surface area contributed by atoms with Gasteiger partial charge in [-0.15, -0.1) is 0 Å². The van der Waals surface area contributed by atoms with Crippen molar-refractivity contribution in [2.45, 2.75) is 85.6 Å². The highest BCUT2D eigenvalue weighted by molar-refractivity contribution is 4.84. The van der Waals surface area contributed by atoms with Crippen molar-refractivity contribution in [2.24, 2.45) is 17.3 Å². The van der Waals surface area contributed by atoms with Crippen LogP contribution in [0.1, 0.15) is 79.6 Å². The fraction of sp³-hybridized carbons (Fsp3) is 1.00. The Morgan fingerprint density at radius 3 is 2.39 bits per heavy atom. The molecule has 3 unspecified atom stereocenters. The molecule has 1 rings (SSSR count). The van der Waals surface area contributed by atoms with Gasteiger partial charge < -0.3 is 5.32 Å². The summed E-state index contributed by atoms with van der Waals surface area (Å²) in [6, 6.07) is 0.786. The number of hydrogen-bond donors (Lipinski definition) is 1. The summed E-state index contributed by atoms with van der Waals surface area (Å²) in [6.45, 7) is 12.8. The topological polar surface area (TPSA) is 12.0 Å². The molecule has 1 heteroatoms. The third kappa shape index (κ3) is 5.73. The van der Waals surface area contributed by atoms with Crippen LogP contribution in [0.25, 0.3) is 0 Å². The largest absolute Gasteiger partial charge is 0.314 e. The maximum atomic E-state index is 3.76. The fourth-order valence-corrected chi connectivity index (χ4v) is 3.47. The molecule has 1 aliphatic carbocycles. The highest BCUT2D eigenvalue weighted by Crippen LogP contribution is 2.36. The van der Waals surface area contributed by atoms with Crippen molar-refractivity contribution in [3.8, 4) is 0 Å². The van der Waals surface area contributed by atoms with E-state index in [0.717, 1.165) is 24.4 Å². The monoisotopic (exact) mass is 253 g/mol. The molecule has 1 aliphatic rings. The van der Waals surface area contributed by atoms with Crippen molar-refractivity contribution in [2.75, 3.05) is 6.54 Å². The van der Waals surface area contributed by atoms with Crippen LogP contribution in [0.4, 0.5) is 0 Å². The van der Waals surface area contributed by atoms with Gasteiger partial charge in [-0.05, 0) is 49.5 Å². The lowest BCUT2D eigenvalue weighted by molar-refractivity contribution is 0.296. The zero-order chi connectivity index (χ0) is 13.6. The lowest BCUT2D eigenvalue weighted by Crippen LogP contribution is -2.35. The predicted molar refractivity (Wildman–Crippen MR) is 81.9 cm³/mol.